The molecule has 0 unspecified atom stereocenters. The van der Waals surface area contributed by atoms with Gasteiger partial charge in [-0.05, 0) is 18.2 Å². The molecule has 1 aromatic heterocycles. The maximum absolute atomic E-state index is 13.6. The second-order valence-electron chi connectivity index (χ2n) is 4.83. The fourth-order valence-corrected chi connectivity index (χ4v) is 3.76. The molecular formula is C17H12ClFN2OS2. The number of thioether (sulfide) groups is 1. The molecule has 0 aliphatic rings. The van der Waals surface area contributed by atoms with Gasteiger partial charge in [0, 0.05) is 16.0 Å². The largest absolute Gasteiger partial charge is 0.323 e. The zero-order valence-electron chi connectivity index (χ0n) is 12.3. The van der Waals surface area contributed by atoms with Crippen molar-refractivity contribution in [2.75, 3.05) is 11.1 Å². The van der Waals surface area contributed by atoms with Crippen LogP contribution in [0.25, 0.3) is 11.3 Å². The van der Waals surface area contributed by atoms with E-state index in [-0.39, 0.29) is 22.4 Å². The van der Waals surface area contributed by atoms with Gasteiger partial charge in [-0.3, -0.25) is 4.79 Å². The number of hydrogen-bond acceptors (Lipinski definition) is 4. The van der Waals surface area contributed by atoms with Gasteiger partial charge in [0.1, 0.15) is 5.82 Å². The predicted molar refractivity (Wildman–Crippen MR) is 98.3 cm³/mol. The number of anilines is 1. The molecule has 0 fully saturated rings. The number of aromatic nitrogens is 1. The topological polar surface area (TPSA) is 42.0 Å². The van der Waals surface area contributed by atoms with Crippen LogP contribution in [0.15, 0.2) is 58.3 Å². The Morgan fingerprint density at radius 3 is 2.79 bits per heavy atom. The van der Waals surface area contributed by atoms with E-state index in [4.69, 9.17) is 11.6 Å². The van der Waals surface area contributed by atoms with E-state index < -0.39 is 5.82 Å². The lowest BCUT2D eigenvalue weighted by molar-refractivity contribution is -0.113. The van der Waals surface area contributed by atoms with Crippen LogP contribution in [0.5, 0.6) is 0 Å². The van der Waals surface area contributed by atoms with Crippen LogP contribution < -0.4 is 5.32 Å². The van der Waals surface area contributed by atoms with E-state index >= 15 is 0 Å². The molecule has 0 radical (unpaired) electrons. The van der Waals surface area contributed by atoms with Gasteiger partial charge in [0.2, 0.25) is 5.91 Å². The summed E-state index contributed by atoms with van der Waals surface area (Å²) in [6, 6.07) is 14.0. The van der Waals surface area contributed by atoms with Crippen LogP contribution in [0.1, 0.15) is 0 Å². The molecule has 0 bridgehead atoms. The first kappa shape index (κ1) is 17.0. The smallest absolute Gasteiger partial charge is 0.234 e. The van der Waals surface area contributed by atoms with Crippen LogP contribution in [0.4, 0.5) is 10.1 Å². The van der Waals surface area contributed by atoms with Gasteiger partial charge in [-0.2, -0.15) is 0 Å². The summed E-state index contributed by atoms with van der Waals surface area (Å²) in [5.74, 6) is -0.691. The molecule has 122 valence electrons. The van der Waals surface area contributed by atoms with E-state index in [0.717, 1.165) is 21.7 Å². The lowest BCUT2D eigenvalue weighted by atomic mass is 10.2. The molecule has 0 saturated carbocycles. The summed E-state index contributed by atoms with van der Waals surface area (Å²) in [5.41, 5.74) is 2.04. The van der Waals surface area contributed by atoms with Gasteiger partial charge in [0.15, 0.2) is 4.34 Å². The number of carbonyl (C=O) groups is 1. The summed E-state index contributed by atoms with van der Waals surface area (Å²) in [6.45, 7) is 0. The molecule has 0 aliphatic carbocycles. The lowest BCUT2D eigenvalue weighted by Gasteiger charge is -2.05. The lowest BCUT2D eigenvalue weighted by Crippen LogP contribution is -2.14. The fourth-order valence-electron chi connectivity index (χ4n) is 1.97. The Hall–Kier alpha value is -1.89. The van der Waals surface area contributed by atoms with Crippen LogP contribution in [0, 0.1) is 5.82 Å². The SMILES string of the molecule is O=C(CSc1nc(-c2ccccc2)cs1)Nc1ccc(Cl)cc1F. The van der Waals surface area contributed by atoms with Crippen molar-refractivity contribution in [2.45, 2.75) is 4.34 Å². The van der Waals surface area contributed by atoms with Gasteiger partial charge in [-0.1, -0.05) is 53.7 Å². The number of nitrogens with one attached hydrogen (secondary N) is 1. The Bertz CT molecular complexity index is 855. The number of thiazole rings is 1. The van der Waals surface area contributed by atoms with E-state index in [1.807, 2.05) is 35.7 Å². The summed E-state index contributed by atoms with van der Waals surface area (Å²) in [5, 5.41) is 4.77. The van der Waals surface area contributed by atoms with Crippen LogP contribution in [-0.2, 0) is 4.79 Å². The first-order valence-electron chi connectivity index (χ1n) is 7.00. The maximum atomic E-state index is 13.6. The van der Waals surface area contributed by atoms with Crippen molar-refractivity contribution < 1.29 is 9.18 Å². The summed E-state index contributed by atoms with van der Waals surface area (Å²) in [4.78, 5) is 16.4. The zero-order chi connectivity index (χ0) is 16.9. The number of halogens is 2. The Morgan fingerprint density at radius 1 is 1.25 bits per heavy atom. The summed E-state index contributed by atoms with van der Waals surface area (Å²) in [6.07, 6.45) is 0. The van der Waals surface area contributed by atoms with E-state index in [2.05, 4.69) is 10.3 Å². The van der Waals surface area contributed by atoms with Gasteiger partial charge < -0.3 is 5.32 Å². The third-order valence-electron chi connectivity index (χ3n) is 3.08. The van der Waals surface area contributed by atoms with E-state index in [0.29, 0.717) is 0 Å². The van der Waals surface area contributed by atoms with Crippen molar-refractivity contribution in [2.24, 2.45) is 0 Å². The number of amides is 1. The first-order chi connectivity index (χ1) is 11.6. The van der Waals surface area contributed by atoms with E-state index in [9.17, 15) is 9.18 Å². The van der Waals surface area contributed by atoms with Gasteiger partial charge in [0.05, 0.1) is 17.1 Å². The fraction of sp³-hybridized carbons (Fsp3) is 0.0588. The molecular weight excluding hydrogens is 367 g/mol. The minimum atomic E-state index is -0.554. The predicted octanol–water partition coefficient (Wildman–Crippen LogP) is 5.33. The second-order valence-corrected chi connectivity index (χ2v) is 7.34. The number of hydrogen-bond donors (Lipinski definition) is 1. The van der Waals surface area contributed by atoms with Crippen molar-refractivity contribution in [3.05, 3.63) is 64.8 Å². The Kier molecular flexibility index (Phi) is 5.50. The van der Waals surface area contributed by atoms with Crippen molar-refractivity contribution >= 4 is 46.3 Å². The van der Waals surface area contributed by atoms with Gasteiger partial charge in [-0.25, -0.2) is 9.37 Å². The monoisotopic (exact) mass is 378 g/mol. The second kappa shape index (κ2) is 7.79. The van der Waals surface area contributed by atoms with E-state index in [1.54, 1.807) is 0 Å². The highest BCUT2D eigenvalue weighted by atomic mass is 35.5. The minimum Gasteiger partial charge on any atom is -0.323 e. The van der Waals surface area contributed by atoms with Crippen molar-refractivity contribution in [3.8, 4) is 11.3 Å². The molecule has 1 amide bonds. The normalized spacial score (nSPS) is 10.6. The summed E-state index contributed by atoms with van der Waals surface area (Å²) >= 11 is 8.48. The Balaban J connectivity index is 1.58. The van der Waals surface area contributed by atoms with Crippen LogP contribution in [-0.4, -0.2) is 16.6 Å². The Morgan fingerprint density at radius 2 is 2.04 bits per heavy atom. The molecule has 7 heteroatoms. The maximum Gasteiger partial charge on any atom is 0.234 e. The number of nitrogens with zero attached hydrogens (tertiary/aromatic N) is 1. The molecule has 2 aromatic carbocycles. The van der Waals surface area contributed by atoms with Crippen LogP contribution in [0.2, 0.25) is 5.02 Å². The van der Waals surface area contributed by atoms with Gasteiger partial charge in [0.25, 0.3) is 0 Å². The zero-order valence-corrected chi connectivity index (χ0v) is 14.7. The molecule has 3 rings (SSSR count). The number of carbonyl (C=O) groups excluding carboxylic acids is 1. The molecule has 0 spiro atoms. The molecule has 24 heavy (non-hydrogen) atoms. The highest BCUT2D eigenvalue weighted by Gasteiger charge is 2.10. The quantitative estimate of drug-likeness (QED) is 0.610. The standard InChI is InChI=1S/C17H12ClFN2OS2/c18-12-6-7-14(13(19)8-12)20-16(22)10-24-17-21-15(9-23-17)11-4-2-1-3-5-11/h1-9H,10H2,(H,20,22). The van der Waals surface area contributed by atoms with Crippen molar-refractivity contribution in [3.63, 3.8) is 0 Å². The summed E-state index contributed by atoms with van der Waals surface area (Å²) in [7, 11) is 0. The third-order valence-corrected chi connectivity index (χ3v) is 5.34. The molecule has 3 aromatic rings. The minimum absolute atomic E-state index is 0.120. The van der Waals surface area contributed by atoms with Gasteiger partial charge in [-0.15, -0.1) is 11.3 Å². The molecule has 0 saturated heterocycles. The van der Waals surface area contributed by atoms with E-state index in [1.165, 1.54) is 35.2 Å². The average Bonchev–Trinajstić information content (AvgIpc) is 3.05. The number of benzene rings is 2. The Labute approximate surface area is 151 Å². The molecule has 3 nitrogen and oxygen atoms in total. The molecule has 0 aliphatic heterocycles. The van der Waals surface area contributed by atoms with Gasteiger partial charge >= 0.3 is 0 Å². The molecule has 1 N–H and O–H groups in total. The van der Waals surface area contributed by atoms with Crippen molar-refractivity contribution in [1.82, 2.24) is 4.98 Å². The van der Waals surface area contributed by atoms with Crippen molar-refractivity contribution in [1.29, 1.82) is 0 Å². The summed E-state index contributed by atoms with van der Waals surface area (Å²) < 4.78 is 14.4. The van der Waals surface area contributed by atoms with Crippen LogP contribution in [0.3, 0.4) is 0 Å². The highest BCUT2D eigenvalue weighted by Crippen LogP contribution is 2.28. The molecule has 1 heterocycles. The molecule has 0 atom stereocenters. The highest BCUT2D eigenvalue weighted by molar-refractivity contribution is 8.01. The first-order valence-corrected chi connectivity index (χ1v) is 9.25. The third kappa shape index (κ3) is 4.35. The van der Waals surface area contributed by atoms with Crippen LogP contribution >= 0.6 is 34.7 Å². The number of rotatable bonds is 5. The average molecular weight is 379 g/mol.